The minimum Gasteiger partial charge on any atom is -0.366 e. The van der Waals surface area contributed by atoms with Gasteiger partial charge in [0, 0.05) is 44.3 Å². The van der Waals surface area contributed by atoms with Gasteiger partial charge in [0.25, 0.3) is 5.91 Å². The van der Waals surface area contributed by atoms with Crippen molar-refractivity contribution in [3.63, 3.8) is 0 Å². The summed E-state index contributed by atoms with van der Waals surface area (Å²) in [5.41, 5.74) is 3.00. The normalized spacial score (nSPS) is 28.4. The molecule has 1 unspecified atom stereocenters. The highest BCUT2D eigenvalue weighted by atomic mass is 16.2. The topological polar surface area (TPSA) is 50.9 Å². The van der Waals surface area contributed by atoms with Crippen LogP contribution in [0.25, 0.3) is 0 Å². The first kappa shape index (κ1) is 11.6. The fraction of sp³-hybridized carbons (Fsp3) is 0.357. The second-order valence-electron chi connectivity index (χ2n) is 5.34. The molecule has 104 valence electrons. The summed E-state index contributed by atoms with van der Waals surface area (Å²) in [5, 5.41) is 10.4. The maximum atomic E-state index is 12.2. The lowest BCUT2D eigenvalue weighted by Gasteiger charge is -2.32. The molecule has 0 aliphatic carbocycles. The Hall–Kier alpha value is -2.21. The number of rotatable bonds is 1. The number of hydrogen-bond donors (Lipinski definition) is 2. The third-order valence-electron chi connectivity index (χ3n) is 4.10. The van der Waals surface area contributed by atoms with Gasteiger partial charge in [0.05, 0.1) is 6.54 Å². The van der Waals surface area contributed by atoms with Crippen LogP contribution in [0.2, 0.25) is 0 Å². The van der Waals surface area contributed by atoms with Crippen LogP contribution in [0.3, 0.4) is 0 Å². The third kappa shape index (κ3) is 1.58. The lowest BCUT2D eigenvalue weighted by atomic mass is 10.0. The fourth-order valence-electron chi connectivity index (χ4n) is 3.10. The first-order valence-corrected chi connectivity index (χ1v) is 6.84. The summed E-state index contributed by atoms with van der Waals surface area (Å²) in [7, 11) is 2.03. The first-order valence-electron chi connectivity index (χ1n) is 6.84. The predicted octanol–water partition coefficient (Wildman–Crippen LogP) is -0.311. The number of nitrogens with one attached hydrogen (secondary N) is 2. The highest BCUT2D eigenvalue weighted by Gasteiger charge is 2.36. The van der Waals surface area contributed by atoms with E-state index in [-0.39, 0.29) is 12.1 Å². The van der Waals surface area contributed by atoms with Crippen molar-refractivity contribution in [2.45, 2.75) is 6.17 Å². The summed E-state index contributed by atoms with van der Waals surface area (Å²) < 4.78 is 0. The summed E-state index contributed by atoms with van der Waals surface area (Å²) in [5.74, 6) is 0.0297. The summed E-state index contributed by atoms with van der Waals surface area (Å²) in [6.07, 6.45) is 10.5. The van der Waals surface area contributed by atoms with Crippen LogP contribution in [0.4, 0.5) is 0 Å². The molecule has 0 bridgehead atoms. The van der Waals surface area contributed by atoms with Crippen LogP contribution in [-0.4, -0.2) is 53.7 Å². The van der Waals surface area contributed by atoms with Crippen LogP contribution >= 0.6 is 0 Å². The fourth-order valence-corrected chi connectivity index (χ4v) is 3.10. The zero-order valence-electron chi connectivity index (χ0n) is 11.3. The van der Waals surface area contributed by atoms with Crippen LogP contribution < -0.4 is 10.6 Å². The molecular formula is C14H17N5O. The zero-order chi connectivity index (χ0) is 13.7. The summed E-state index contributed by atoms with van der Waals surface area (Å²) >= 11 is 0. The number of piperazine rings is 1. The first-order chi connectivity index (χ1) is 9.74. The van der Waals surface area contributed by atoms with Gasteiger partial charge < -0.3 is 15.5 Å². The van der Waals surface area contributed by atoms with Gasteiger partial charge in [-0.3, -0.25) is 9.80 Å². The van der Waals surface area contributed by atoms with Crippen molar-refractivity contribution in [2.24, 2.45) is 0 Å². The van der Waals surface area contributed by atoms with Crippen molar-refractivity contribution in [1.29, 1.82) is 0 Å². The Bertz CT molecular complexity index is 588. The second-order valence-corrected chi connectivity index (χ2v) is 5.34. The van der Waals surface area contributed by atoms with E-state index in [0.29, 0.717) is 6.54 Å². The van der Waals surface area contributed by atoms with E-state index in [1.165, 1.54) is 0 Å². The molecule has 1 atom stereocenters. The lowest BCUT2D eigenvalue weighted by molar-refractivity contribution is -0.122. The predicted molar refractivity (Wildman–Crippen MR) is 74.5 cm³/mol. The average molecular weight is 271 g/mol. The van der Waals surface area contributed by atoms with Gasteiger partial charge in [-0.15, -0.1) is 0 Å². The number of nitrogens with zero attached hydrogens (tertiary/aromatic N) is 3. The SMILES string of the molecule is CN1CC(C2=CN3C=CNC3C=C2)=C2C(=O)NCCN21. The average Bonchev–Trinajstić information content (AvgIpc) is 3.04. The number of allylic oxidation sites excluding steroid dienone is 1. The number of carbonyl (C=O) groups excluding carboxylic acids is 1. The molecule has 1 saturated heterocycles. The molecule has 4 rings (SSSR count). The molecule has 4 aliphatic heterocycles. The molecule has 6 nitrogen and oxygen atoms in total. The molecule has 0 aromatic carbocycles. The smallest absolute Gasteiger partial charge is 0.269 e. The Balaban J connectivity index is 1.74. The number of fused-ring (bicyclic) bond motifs is 2. The molecule has 4 aliphatic rings. The van der Waals surface area contributed by atoms with Crippen LogP contribution in [0.5, 0.6) is 0 Å². The summed E-state index contributed by atoms with van der Waals surface area (Å²) in [4.78, 5) is 14.3. The van der Waals surface area contributed by atoms with E-state index in [4.69, 9.17) is 0 Å². The maximum Gasteiger partial charge on any atom is 0.269 e. The summed E-state index contributed by atoms with van der Waals surface area (Å²) in [6.45, 7) is 2.32. The molecule has 20 heavy (non-hydrogen) atoms. The van der Waals surface area contributed by atoms with Crippen LogP contribution in [-0.2, 0) is 4.79 Å². The summed E-state index contributed by atoms with van der Waals surface area (Å²) in [6, 6.07) is 0. The quantitative estimate of drug-likeness (QED) is 0.685. The van der Waals surface area contributed by atoms with Gasteiger partial charge in [-0.2, -0.15) is 0 Å². The number of hydrazine groups is 1. The van der Waals surface area contributed by atoms with Crippen LogP contribution in [0, 0.1) is 0 Å². The highest BCUT2D eigenvalue weighted by Crippen LogP contribution is 2.31. The van der Waals surface area contributed by atoms with Gasteiger partial charge in [-0.05, 0) is 11.6 Å². The Kier molecular flexibility index (Phi) is 2.40. The number of hydrogen-bond acceptors (Lipinski definition) is 5. The van der Waals surface area contributed by atoms with Crippen LogP contribution in [0.1, 0.15) is 0 Å². The molecule has 6 heteroatoms. The monoisotopic (exact) mass is 271 g/mol. The van der Waals surface area contributed by atoms with E-state index in [0.717, 1.165) is 29.9 Å². The van der Waals surface area contributed by atoms with Crippen molar-refractivity contribution in [3.05, 3.63) is 47.6 Å². The van der Waals surface area contributed by atoms with E-state index < -0.39 is 0 Å². The molecule has 0 aromatic heterocycles. The molecule has 1 amide bonds. The largest absolute Gasteiger partial charge is 0.366 e. The standard InChI is InChI=1S/C14H17N5O/c1-17-9-11(13-14(20)16-5-7-19(13)17)10-2-3-12-15-4-6-18(12)8-10/h2-4,6,8,12,15H,5,7,9H2,1H3,(H,16,20). The Morgan fingerprint density at radius 1 is 1.40 bits per heavy atom. The molecule has 0 aromatic rings. The Morgan fingerprint density at radius 2 is 2.30 bits per heavy atom. The van der Waals surface area contributed by atoms with Gasteiger partial charge in [-0.1, -0.05) is 6.08 Å². The van der Waals surface area contributed by atoms with Gasteiger partial charge in [0.2, 0.25) is 0 Å². The zero-order valence-corrected chi connectivity index (χ0v) is 11.3. The molecule has 4 heterocycles. The molecule has 1 fully saturated rings. The van der Waals surface area contributed by atoms with Crippen LogP contribution in [0.15, 0.2) is 47.6 Å². The lowest BCUT2D eigenvalue weighted by Crippen LogP contribution is -2.48. The van der Waals surface area contributed by atoms with E-state index in [1.807, 2.05) is 19.4 Å². The van der Waals surface area contributed by atoms with Crippen molar-refractivity contribution in [2.75, 3.05) is 26.7 Å². The van der Waals surface area contributed by atoms with Crippen molar-refractivity contribution >= 4 is 5.91 Å². The second kappa shape index (κ2) is 4.14. The van der Waals surface area contributed by atoms with Crippen molar-refractivity contribution in [3.8, 4) is 0 Å². The third-order valence-corrected chi connectivity index (χ3v) is 4.10. The van der Waals surface area contributed by atoms with E-state index in [9.17, 15) is 4.79 Å². The highest BCUT2D eigenvalue weighted by molar-refractivity contribution is 5.95. The van der Waals surface area contributed by atoms with E-state index in [2.05, 4.69) is 43.9 Å². The van der Waals surface area contributed by atoms with Gasteiger partial charge in [0.15, 0.2) is 0 Å². The van der Waals surface area contributed by atoms with Gasteiger partial charge in [0.1, 0.15) is 11.9 Å². The molecule has 0 spiro atoms. The van der Waals surface area contributed by atoms with Crippen molar-refractivity contribution < 1.29 is 4.79 Å². The molecule has 0 radical (unpaired) electrons. The van der Waals surface area contributed by atoms with Gasteiger partial charge in [-0.25, -0.2) is 5.01 Å². The number of amides is 1. The molecule has 0 saturated carbocycles. The Morgan fingerprint density at radius 3 is 3.20 bits per heavy atom. The number of carbonyl (C=O) groups is 1. The maximum absolute atomic E-state index is 12.2. The minimum atomic E-state index is 0.0297. The van der Waals surface area contributed by atoms with E-state index in [1.54, 1.807) is 0 Å². The molecular weight excluding hydrogens is 254 g/mol. The Labute approximate surface area is 117 Å². The van der Waals surface area contributed by atoms with Crippen molar-refractivity contribution in [1.82, 2.24) is 25.6 Å². The minimum absolute atomic E-state index is 0.0297. The van der Waals surface area contributed by atoms with E-state index >= 15 is 0 Å². The van der Waals surface area contributed by atoms with Gasteiger partial charge >= 0.3 is 0 Å². The molecule has 2 N–H and O–H groups in total. The number of likely N-dealkylation sites (N-methyl/N-ethyl adjacent to an activating group) is 1.